The Kier molecular flexibility index (Phi) is 6.43. The largest absolute Gasteiger partial charge is 0.413 e. The summed E-state index contributed by atoms with van der Waals surface area (Å²) >= 11 is 0. The second-order valence-corrected chi connectivity index (χ2v) is 5.90. The Morgan fingerprint density at radius 1 is 1.19 bits per heavy atom. The van der Waals surface area contributed by atoms with E-state index in [9.17, 15) is 9.79 Å². The summed E-state index contributed by atoms with van der Waals surface area (Å²) in [7, 11) is -2.10. The lowest BCUT2D eigenvalue weighted by Crippen LogP contribution is -2.59. The van der Waals surface area contributed by atoms with Gasteiger partial charge in [-0.3, -0.25) is 4.25 Å². The zero-order chi connectivity index (χ0) is 12.9. The Balaban J connectivity index is 5.41. The van der Waals surface area contributed by atoms with Crippen molar-refractivity contribution in [3.63, 3.8) is 0 Å². The first-order valence-electron chi connectivity index (χ1n) is 5.78. The molecule has 0 saturated carbocycles. The van der Waals surface area contributed by atoms with Crippen molar-refractivity contribution in [1.29, 1.82) is 5.26 Å². The summed E-state index contributed by atoms with van der Waals surface area (Å²) in [5, 5.41) is 8.86. The molecule has 0 fully saturated rings. The average Bonchev–Trinajstić information content (AvgIpc) is 2.15. The molecule has 4 nitrogen and oxygen atoms in total. The maximum atomic E-state index is 9.81. The Morgan fingerprint density at radius 3 is 1.81 bits per heavy atom. The van der Waals surface area contributed by atoms with Gasteiger partial charge in [-0.05, 0) is 34.1 Å². The number of hydrogen-bond acceptors (Lipinski definition) is 3. The third-order valence-electron chi connectivity index (χ3n) is 3.35. The van der Waals surface area contributed by atoms with Crippen LogP contribution in [-0.4, -0.2) is 32.2 Å². The predicted octanol–water partition coefficient (Wildman–Crippen LogP) is 2.52. The molecule has 1 atom stereocenters. The summed E-state index contributed by atoms with van der Waals surface area (Å²) in [4.78, 5) is 19.6. The van der Waals surface area contributed by atoms with Crippen molar-refractivity contribution in [2.75, 3.05) is 0 Å². The fourth-order valence-corrected chi connectivity index (χ4v) is 4.05. The molecule has 0 aromatic rings. The van der Waals surface area contributed by atoms with Crippen LogP contribution >= 0.6 is 8.53 Å². The number of nitrogens with zero attached hydrogens (tertiary/aromatic N) is 2. The summed E-state index contributed by atoms with van der Waals surface area (Å²) in [5.74, 6) is 0. The molecule has 0 aromatic carbocycles. The van der Waals surface area contributed by atoms with Gasteiger partial charge >= 0.3 is 8.53 Å². The Morgan fingerprint density at radius 2 is 1.62 bits per heavy atom. The van der Waals surface area contributed by atoms with Crippen LogP contribution in [0.4, 0.5) is 0 Å². The van der Waals surface area contributed by atoms with Crippen molar-refractivity contribution in [3.8, 4) is 6.07 Å². The van der Waals surface area contributed by atoms with Gasteiger partial charge < -0.3 is 9.79 Å². The monoisotopic (exact) mass is 247 g/mol. The summed E-state index contributed by atoms with van der Waals surface area (Å²) in [5.41, 5.74) is 0. The van der Waals surface area contributed by atoms with Crippen molar-refractivity contribution >= 4 is 8.53 Å². The minimum atomic E-state index is -2.10. The van der Waals surface area contributed by atoms with Crippen molar-refractivity contribution in [2.45, 2.75) is 65.6 Å². The van der Waals surface area contributed by atoms with E-state index in [2.05, 4.69) is 6.07 Å². The van der Waals surface area contributed by atoms with Crippen LogP contribution < -0.4 is 0 Å². The van der Waals surface area contributed by atoms with E-state index in [1.165, 1.54) is 0 Å². The Hall–Kier alpha value is -0.200. The molecular formula is C11H24N2O2P+. The second kappa shape index (κ2) is 6.51. The minimum absolute atomic E-state index is 0.00823. The molecule has 0 radical (unpaired) electrons. The number of rotatable bonds is 6. The fourth-order valence-electron chi connectivity index (χ4n) is 2.69. The van der Waals surface area contributed by atoms with Crippen LogP contribution in [0.5, 0.6) is 0 Å². The summed E-state index contributed by atoms with van der Waals surface area (Å²) < 4.78 is 0.236. The third-order valence-corrected chi connectivity index (χ3v) is 5.22. The zero-order valence-corrected chi connectivity index (χ0v) is 11.8. The first kappa shape index (κ1) is 15.8. The maximum absolute atomic E-state index is 9.81. The number of quaternary nitrogens is 1. The first-order valence-corrected chi connectivity index (χ1v) is 6.98. The highest BCUT2D eigenvalue weighted by atomic mass is 31.2. The molecule has 5 heteroatoms. The predicted molar refractivity (Wildman–Crippen MR) is 66.2 cm³/mol. The van der Waals surface area contributed by atoms with Crippen molar-refractivity contribution < 1.29 is 14.0 Å². The quantitative estimate of drug-likeness (QED) is 0.709. The van der Waals surface area contributed by atoms with Gasteiger partial charge in [0.2, 0.25) is 0 Å². The molecule has 0 aromatic heterocycles. The molecule has 1 unspecified atom stereocenters. The van der Waals surface area contributed by atoms with Gasteiger partial charge in [-0.15, -0.1) is 0 Å². The lowest BCUT2D eigenvalue weighted by molar-refractivity contribution is -0.885. The lowest BCUT2D eigenvalue weighted by Gasteiger charge is -2.49. The Bertz CT molecular complexity index is 227. The summed E-state index contributed by atoms with van der Waals surface area (Å²) in [6.45, 7) is 9.95. The minimum Gasteiger partial charge on any atom is -0.303 e. The average molecular weight is 247 g/mol. The van der Waals surface area contributed by atoms with Crippen LogP contribution in [-0.2, 0) is 0 Å². The van der Waals surface area contributed by atoms with Crippen LogP contribution in [0.1, 0.15) is 47.5 Å². The van der Waals surface area contributed by atoms with E-state index >= 15 is 0 Å². The molecule has 0 rings (SSSR count). The van der Waals surface area contributed by atoms with Gasteiger partial charge in [0.15, 0.2) is 0 Å². The van der Waals surface area contributed by atoms with Gasteiger partial charge in [0.05, 0.1) is 24.6 Å². The molecule has 0 amide bonds. The van der Waals surface area contributed by atoms with Gasteiger partial charge in [-0.1, -0.05) is 6.92 Å². The molecule has 0 aliphatic heterocycles. The van der Waals surface area contributed by atoms with E-state index in [1.54, 1.807) is 0 Å². The molecule has 0 aliphatic carbocycles. The highest BCUT2D eigenvalue weighted by molar-refractivity contribution is 7.38. The van der Waals surface area contributed by atoms with E-state index in [0.717, 1.165) is 6.42 Å². The number of nitriles is 1. The molecule has 0 aliphatic rings. The standard InChI is InChI=1S/C11H24N2O2P/c1-6-11(7-8-12)13(9(2)3,10(4)5)16(14)15/h9-11,14-15H,6-7H2,1-5H3/q+1. The van der Waals surface area contributed by atoms with Crippen LogP contribution in [0.25, 0.3) is 0 Å². The molecule has 16 heavy (non-hydrogen) atoms. The molecule has 0 spiro atoms. The first-order chi connectivity index (χ1) is 7.35. The lowest BCUT2D eigenvalue weighted by atomic mass is 10.1. The SMILES string of the molecule is CCC(CC#N)[N+](C(C)C)(C(C)C)P(O)O. The smallest absolute Gasteiger partial charge is 0.303 e. The third kappa shape index (κ3) is 2.73. The van der Waals surface area contributed by atoms with Crippen LogP contribution in [0.15, 0.2) is 0 Å². The van der Waals surface area contributed by atoms with Crippen molar-refractivity contribution in [1.82, 2.24) is 0 Å². The fraction of sp³-hybridized carbons (Fsp3) is 0.909. The highest BCUT2D eigenvalue weighted by Crippen LogP contribution is 2.49. The molecule has 2 N–H and O–H groups in total. The van der Waals surface area contributed by atoms with E-state index < -0.39 is 8.53 Å². The van der Waals surface area contributed by atoms with Gasteiger partial charge in [0.25, 0.3) is 0 Å². The van der Waals surface area contributed by atoms with E-state index in [4.69, 9.17) is 5.26 Å². The number of hydrogen-bond donors (Lipinski definition) is 2. The summed E-state index contributed by atoms with van der Waals surface area (Å²) in [6, 6.07) is 2.35. The van der Waals surface area contributed by atoms with E-state index in [1.807, 2.05) is 34.6 Å². The zero-order valence-electron chi connectivity index (χ0n) is 10.9. The van der Waals surface area contributed by atoms with E-state index in [0.29, 0.717) is 6.42 Å². The second-order valence-electron chi connectivity index (χ2n) is 4.67. The normalized spacial score (nSPS) is 14.6. The van der Waals surface area contributed by atoms with Crippen LogP contribution in [0, 0.1) is 11.3 Å². The molecule has 0 saturated heterocycles. The van der Waals surface area contributed by atoms with E-state index in [-0.39, 0.29) is 22.4 Å². The Labute approximate surface area is 100 Å². The molecule has 0 bridgehead atoms. The molecular weight excluding hydrogens is 223 g/mol. The van der Waals surface area contributed by atoms with Gasteiger partial charge in [-0.2, -0.15) is 5.26 Å². The van der Waals surface area contributed by atoms with Gasteiger partial charge in [0, 0.05) is 0 Å². The van der Waals surface area contributed by atoms with Crippen molar-refractivity contribution in [2.24, 2.45) is 0 Å². The highest BCUT2D eigenvalue weighted by Gasteiger charge is 2.48. The molecule has 0 heterocycles. The van der Waals surface area contributed by atoms with Crippen LogP contribution in [0.2, 0.25) is 0 Å². The van der Waals surface area contributed by atoms with Gasteiger partial charge in [0.1, 0.15) is 6.04 Å². The summed E-state index contributed by atoms with van der Waals surface area (Å²) in [6.07, 6.45) is 1.15. The topological polar surface area (TPSA) is 64.2 Å². The van der Waals surface area contributed by atoms with Gasteiger partial charge in [-0.25, -0.2) is 0 Å². The molecule has 94 valence electrons. The van der Waals surface area contributed by atoms with Crippen molar-refractivity contribution in [3.05, 3.63) is 0 Å². The maximum Gasteiger partial charge on any atom is 0.413 e. The van der Waals surface area contributed by atoms with Crippen LogP contribution in [0.3, 0.4) is 0 Å².